The van der Waals surface area contributed by atoms with Crippen molar-refractivity contribution < 1.29 is 18.7 Å². The molecule has 0 N–H and O–H groups in total. The van der Waals surface area contributed by atoms with Crippen molar-refractivity contribution >= 4 is 11.9 Å². The van der Waals surface area contributed by atoms with E-state index in [0.29, 0.717) is 32.6 Å². The number of aryl methyl sites for hydroxylation is 1. The zero-order valence-electron chi connectivity index (χ0n) is 17.4. The lowest BCUT2D eigenvalue weighted by molar-refractivity contribution is -0.143. The number of aromatic nitrogens is 2. The Labute approximate surface area is 175 Å². The van der Waals surface area contributed by atoms with Crippen molar-refractivity contribution in [3.63, 3.8) is 0 Å². The van der Waals surface area contributed by atoms with Crippen LogP contribution in [0.4, 0.5) is 4.39 Å². The summed E-state index contributed by atoms with van der Waals surface area (Å²) in [4.78, 5) is 28.1. The highest BCUT2D eigenvalue weighted by Crippen LogP contribution is 2.24. The fourth-order valence-electron chi connectivity index (χ4n) is 4.33. The summed E-state index contributed by atoms with van der Waals surface area (Å²) in [7, 11) is 1.40. The minimum atomic E-state index is -0.256. The van der Waals surface area contributed by atoms with Gasteiger partial charge in [0.1, 0.15) is 5.82 Å². The molecule has 2 aromatic rings. The van der Waals surface area contributed by atoms with Crippen LogP contribution in [0.2, 0.25) is 0 Å². The maximum Gasteiger partial charge on any atom is 0.305 e. The molecule has 0 spiro atoms. The molecule has 7 nitrogen and oxygen atoms in total. The molecule has 1 saturated heterocycles. The van der Waals surface area contributed by atoms with Crippen molar-refractivity contribution in [2.24, 2.45) is 5.92 Å². The van der Waals surface area contributed by atoms with E-state index in [1.54, 1.807) is 12.1 Å². The van der Waals surface area contributed by atoms with Gasteiger partial charge in [-0.25, -0.2) is 4.39 Å². The molecule has 30 heavy (non-hydrogen) atoms. The highest BCUT2D eigenvalue weighted by molar-refractivity contribution is 5.78. The van der Waals surface area contributed by atoms with Gasteiger partial charge in [-0.15, -0.1) is 0 Å². The van der Waals surface area contributed by atoms with Gasteiger partial charge in [-0.2, -0.15) is 5.10 Å². The number of hydrogen-bond acceptors (Lipinski definition) is 5. The van der Waals surface area contributed by atoms with Crippen LogP contribution in [0.5, 0.6) is 0 Å². The molecule has 0 aliphatic carbocycles. The summed E-state index contributed by atoms with van der Waals surface area (Å²) in [6.07, 6.45) is 1.21. The molecule has 1 aromatic carbocycles. The van der Waals surface area contributed by atoms with Crippen LogP contribution in [0.15, 0.2) is 24.3 Å². The number of nitrogens with zero attached hydrogens (tertiary/aromatic N) is 4. The van der Waals surface area contributed by atoms with Gasteiger partial charge < -0.3 is 9.64 Å². The molecule has 0 unspecified atom stereocenters. The molecular weight excluding hydrogens is 387 g/mol. The maximum atomic E-state index is 13.2. The van der Waals surface area contributed by atoms with Crippen molar-refractivity contribution in [3.05, 3.63) is 52.6 Å². The third kappa shape index (κ3) is 4.38. The van der Waals surface area contributed by atoms with Gasteiger partial charge >= 0.3 is 5.97 Å². The zero-order valence-corrected chi connectivity index (χ0v) is 17.4. The second kappa shape index (κ2) is 8.55. The first-order valence-electron chi connectivity index (χ1n) is 10.3. The Hall–Kier alpha value is -2.74. The quantitative estimate of drug-likeness (QED) is 0.674. The molecule has 1 fully saturated rings. The number of fused-ring (bicyclic) bond motifs is 1. The SMILES string of the molecule is COC(=O)CC1CN(CC(=O)N2CCc3c(C)nn(Cc4ccc(F)cc4)c3C2)C1. The fraction of sp³-hybridized carbons (Fsp3) is 0.500. The van der Waals surface area contributed by atoms with E-state index in [2.05, 4.69) is 10.00 Å². The summed E-state index contributed by atoms with van der Waals surface area (Å²) in [5.74, 6) is -0.0734. The number of rotatable bonds is 6. The van der Waals surface area contributed by atoms with Crippen molar-refractivity contribution in [2.75, 3.05) is 33.3 Å². The topological polar surface area (TPSA) is 67.7 Å². The normalized spacial score (nSPS) is 16.8. The maximum absolute atomic E-state index is 13.2. The summed E-state index contributed by atoms with van der Waals surface area (Å²) in [6.45, 7) is 5.66. The van der Waals surface area contributed by atoms with E-state index in [9.17, 15) is 14.0 Å². The van der Waals surface area contributed by atoms with Crippen LogP contribution in [-0.4, -0.2) is 64.7 Å². The molecule has 0 atom stereocenters. The molecule has 4 rings (SSSR count). The van der Waals surface area contributed by atoms with Crippen LogP contribution in [0, 0.1) is 18.7 Å². The van der Waals surface area contributed by atoms with Crippen molar-refractivity contribution in [1.29, 1.82) is 0 Å². The third-order valence-electron chi connectivity index (χ3n) is 6.01. The molecule has 3 heterocycles. The largest absolute Gasteiger partial charge is 0.469 e. The smallest absolute Gasteiger partial charge is 0.305 e. The molecule has 0 radical (unpaired) electrons. The van der Waals surface area contributed by atoms with Crippen molar-refractivity contribution in [3.8, 4) is 0 Å². The van der Waals surface area contributed by atoms with Crippen LogP contribution < -0.4 is 0 Å². The van der Waals surface area contributed by atoms with Crippen LogP contribution in [0.3, 0.4) is 0 Å². The Morgan fingerprint density at radius 3 is 2.67 bits per heavy atom. The first-order valence-corrected chi connectivity index (χ1v) is 10.3. The van der Waals surface area contributed by atoms with Crippen LogP contribution in [0.25, 0.3) is 0 Å². The average Bonchev–Trinajstić information content (AvgIpc) is 3.02. The highest BCUT2D eigenvalue weighted by atomic mass is 19.1. The second-order valence-corrected chi connectivity index (χ2v) is 8.20. The van der Waals surface area contributed by atoms with E-state index in [0.717, 1.165) is 36.5 Å². The first-order chi connectivity index (χ1) is 14.4. The van der Waals surface area contributed by atoms with Crippen LogP contribution >= 0.6 is 0 Å². The third-order valence-corrected chi connectivity index (χ3v) is 6.01. The number of carbonyl (C=O) groups excluding carboxylic acids is 2. The molecule has 160 valence electrons. The lowest BCUT2D eigenvalue weighted by Gasteiger charge is -2.39. The van der Waals surface area contributed by atoms with Gasteiger partial charge in [-0.1, -0.05) is 12.1 Å². The molecule has 0 saturated carbocycles. The highest BCUT2D eigenvalue weighted by Gasteiger charge is 2.32. The van der Waals surface area contributed by atoms with Gasteiger partial charge in [0, 0.05) is 19.6 Å². The summed E-state index contributed by atoms with van der Waals surface area (Å²) in [5.41, 5.74) is 4.24. The van der Waals surface area contributed by atoms with Gasteiger partial charge in [-0.3, -0.25) is 19.2 Å². The van der Waals surface area contributed by atoms with E-state index in [1.807, 2.05) is 16.5 Å². The number of halogens is 1. The summed E-state index contributed by atoms with van der Waals surface area (Å²) >= 11 is 0. The van der Waals surface area contributed by atoms with Crippen molar-refractivity contribution in [1.82, 2.24) is 19.6 Å². The number of hydrogen-bond donors (Lipinski definition) is 0. The van der Waals surface area contributed by atoms with Crippen molar-refractivity contribution in [2.45, 2.75) is 32.9 Å². The number of carbonyl (C=O) groups is 2. The van der Waals surface area contributed by atoms with E-state index in [4.69, 9.17) is 4.74 Å². The molecule has 2 aliphatic heterocycles. The van der Waals surface area contributed by atoms with Gasteiger partial charge in [0.15, 0.2) is 0 Å². The Morgan fingerprint density at radius 2 is 1.97 bits per heavy atom. The minimum absolute atomic E-state index is 0.101. The van der Waals surface area contributed by atoms with Crippen LogP contribution in [0.1, 0.15) is 28.9 Å². The van der Waals surface area contributed by atoms with Gasteiger partial charge in [0.2, 0.25) is 5.91 Å². The molecule has 1 aromatic heterocycles. The Balaban J connectivity index is 1.36. The monoisotopic (exact) mass is 414 g/mol. The summed E-state index contributed by atoms with van der Waals surface area (Å²) < 4.78 is 19.8. The van der Waals surface area contributed by atoms with Crippen LogP contribution in [-0.2, 0) is 33.8 Å². The average molecular weight is 414 g/mol. The predicted octanol–water partition coefficient (Wildman–Crippen LogP) is 1.76. The Morgan fingerprint density at radius 1 is 1.23 bits per heavy atom. The molecule has 1 amide bonds. The Bertz CT molecular complexity index is 935. The van der Waals surface area contributed by atoms with E-state index in [1.165, 1.54) is 24.8 Å². The summed E-state index contributed by atoms with van der Waals surface area (Å²) in [6, 6.07) is 6.43. The zero-order chi connectivity index (χ0) is 21.3. The lowest BCUT2D eigenvalue weighted by Crippen LogP contribution is -2.52. The van der Waals surface area contributed by atoms with E-state index < -0.39 is 0 Å². The second-order valence-electron chi connectivity index (χ2n) is 8.20. The van der Waals surface area contributed by atoms with Gasteiger partial charge in [0.05, 0.1) is 44.6 Å². The number of methoxy groups -OCH3 is 1. The number of benzene rings is 1. The van der Waals surface area contributed by atoms with Gasteiger partial charge in [0.25, 0.3) is 0 Å². The molecule has 8 heteroatoms. The predicted molar refractivity (Wildman–Crippen MR) is 108 cm³/mol. The number of esters is 1. The number of amides is 1. The molecular formula is C22H27FN4O3. The minimum Gasteiger partial charge on any atom is -0.469 e. The first kappa shape index (κ1) is 20.5. The number of likely N-dealkylation sites (tertiary alicyclic amines) is 1. The van der Waals surface area contributed by atoms with E-state index in [-0.39, 0.29) is 23.6 Å². The summed E-state index contributed by atoms with van der Waals surface area (Å²) in [5, 5.41) is 4.67. The Kier molecular flexibility index (Phi) is 5.85. The lowest BCUT2D eigenvalue weighted by atomic mass is 9.96. The standard InChI is InChI=1S/C22H27FN4O3/c1-15-19-7-8-26(21(28)14-25-10-17(11-25)9-22(29)30-2)13-20(19)27(24-15)12-16-3-5-18(23)6-4-16/h3-6,17H,7-14H2,1-2H3. The number of ether oxygens (including phenoxy) is 1. The molecule has 0 bridgehead atoms. The van der Waals surface area contributed by atoms with E-state index >= 15 is 0 Å². The van der Waals surface area contributed by atoms with Gasteiger partial charge in [-0.05, 0) is 42.5 Å². The fourth-order valence-corrected chi connectivity index (χ4v) is 4.33. The molecule has 2 aliphatic rings.